The number of aliphatic hydroxyl groups excluding tert-OH is 1. The van der Waals surface area contributed by atoms with E-state index in [0.717, 1.165) is 37.6 Å². The summed E-state index contributed by atoms with van der Waals surface area (Å²) in [5.74, 6) is 6.09. The first-order valence-electron chi connectivity index (χ1n) is 7.65. The van der Waals surface area contributed by atoms with Crippen LogP contribution >= 0.6 is 11.3 Å². The second-order valence-electron chi connectivity index (χ2n) is 6.48. The van der Waals surface area contributed by atoms with Crippen LogP contribution in [0.2, 0.25) is 0 Å². The number of rotatable bonds is 3. The number of hydrogen-bond donors (Lipinski definition) is 1. The average Bonchev–Trinajstić information content (AvgIpc) is 2.86. The molecule has 0 aliphatic carbocycles. The molecule has 21 heavy (non-hydrogen) atoms. The van der Waals surface area contributed by atoms with Crippen LogP contribution in [-0.2, 0) is 6.54 Å². The minimum Gasteiger partial charge on any atom is -0.395 e. The number of hydrogen-bond acceptors (Lipinski definition) is 4. The molecule has 1 aromatic rings. The van der Waals surface area contributed by atoms with Crippen LogP contribution in [-0.4, -0.2) is 53.2 Å². The summed E-state index contributed by atoms with van der Waals surface area (Å²) in [6.45, 7) is 12.6. The Hall–Kier alpha value is -0.860. The molecule has 0 amide bonds. The van der Waals surface area contributed by atoms with Gasteiger partial charge in [-0.05, 0) is 32.9 Å². The quantitative estimate of drug-likeness (QED) is 0.869. The molecule has 1 N–H and O–H groups in total. The normalized spacial score (nSPS) is 17.5. The molecule has 0 saturated carbocycles. The Balaban J connectivity index is 1.83. The third-order valence-electron chi connectivity index (χ3n) is 3.81. The van der Waals surface area contributed by atoms with Gasteiger partial charge in [-0.1, -0.05) is 11.8 Å². The van der Waals surface area contributed by atoms with Gasteiger partial charge in [0.05, 0.1) is 11.5 Å². The van der Waals surface area contributed by atoms with Crippen molar-refractivity contribution in [3.05, 3.63) is 21.9 Å². The van der Waals surface area contributed by atoms with Gasteiger partial charge < -0.3 is 5.11 Å². The Morgan fingerprint density at radius 1 is 1.19 bits per heavy atom. The molecule has 116 valence electrons. The third-order valence-corrected chi connectivity index (χ3v) is 4.80. The van der Waals surface area contributed by atoms with Crippen molar-refractivity contribution in [3.63, 3.8) is 0 Å². The van der Waals surface area contributed by atoms with Crippen LogP contribution in [0.3, 0.4) is 0 Å². The Morgan fingerprint density at radius 3 is 2.52 bits per heavy atom. The fourth-order valence-corrected chi connectivity index (χ4v) is 3.46. The van der Waals surface area contributed by atoms with Crippen molar-refractivity contribution in [3.8, 4) is 11.8 Å². The van der Waals surface area contributed by atoms with Crippen molar-refractivity contribution in [2.45, 2.75) is 39.3 Å². The molecule has 0 aromatic carbocycles. The molecule has 0 bridgehead atoms. The lowest BCUT2D eigenvalue weighted by molar-refractivity contribution is 0.0595. The van der Waals surface area contributed by atoms with E-state index in [1.165, 1.54) is 4.88 Å². The first kappa shape index (κ1) is 16.5. The van der Waals surface area contributed by atoms with Crippen molar-refractivity contribution >= 4 is 11.3 Å². The van der Waals surface area contributed by atoms with Gasteiger partial charge in [0.1, 0.15) is 0 Å². The molecule has 0 radical (unpaired) electrons. The van der Waals surface area contributed by atoms with E-state index in [0.29, 0.717) is 6.42 Å². The molecule has 0 atom stereocenters. The Morgan fingerprint density at radius 2 is 1.90 bits per heavy atom. The zero-order valence-electron chi connectivity index (χ0n) is 13.4. The lowest BCUT2D eigenvalue weighted by Gasteiger charge is -2.42. The lowest BCUT2D eigenvalue weighted by Crippen LogP contribution is -2.53. The average molecular weight is 306 g/mol. The van der Waals surface area contributed by atoms with Crippen LogP contribution in [0.5, 0.6) is 0 Å². The summed E-state index contributed by atoms with van der Waals surface area (Å²) < 4.78 is 0. The Labute approximate surface area is 132 Å². The summed E-state index contributed by atoms with van der Waals surface area (Å²) in [5.41, 5.74) is 0.282. The maximum absolute atomic E-state index is 8.73. The van der Waals surface area contributed by atoms with Gasteiger partial charge in [-0.3, -0.25) is 9.80 Å². The topological polar surface area (TPSA) is 26.7 Å². The van der Waals surface area contributed by atoms with E-state index in [9.17, 15) is 0 Å². The summed E-state index contributed by atoms with van der Waals surface area (Å²) in [6, 6.07) is 4.28. The van der Waals surface area contributed by atoms with Gasteiger partial charge in [0.15, 0.2) is 0 Å². The van der Waals surface area contributed by atoms with Crippen molar-refractivity contribution in [2.24, 2.45) is 0 Å². The van der Waals surface area contributed by atoms with Gasteiger partial charge in [0.25, 0.3) is 0 Å². The van der Waals surface area contributed by atoms with Gasteiger partial charge in [-0.25, -0.2) is 0 Å². The van der Waals surface area contributed by atoms with E-state index < -0.39 is 0 Å². The van der Waals surface area contributed by atoms with E-state index in [1.54, 1.807) is 11.3 Å². The van der Waals surface area contributed by atoms with E-state index in [1.807, 2.05) is 0 Å². The molecular weight excluding hydrogens is 280 g/mol. The first-order valence-corrected chi connectivity index (χ1v) is 8.46. The molecule has 2 rings (SSSR count). The summed E-state index contributed by atoms with van der Waals surface area (Å²) in [4.78, 5) is 7.57. The number of thiophene rings is 1. The van der Waals surface area contributed by atoms with Crippen molar-refractivity contribution < 1.29 is 5.11 Å². The number of piperazine rings is 1. The van der Waals surface area contributed by atoms with E-state index in [2.05, 4.69) is 54.5 Å². The van der Waals surface area contributed by atoms with Gasteiger partial charge in [0.2, 0.25) is 0 Å². The number of aliphatic hydroxyl groups is 1. The monoisotopic (exact) mass is 306 g/mol. The van der Waals surface area contributed by atoms with E-state index >= 15 is 0 Å². The highest BCUT2D eigenvalue weighted by Crippen LogP contribution is 2.20. The molecular formula is C17H26N2OS. The highest BCUT2D eigenvalue weighted by molar-refractivity contribution is 7.12. The fraction of sp³-hybridized carbons (Fsp3) is 0.647. The van der Waals surface area contributed by atoms with Crippen LogP contribution in [0.1, 0.15) is 36.9 Å². The zero-order chi connectivity index (χ0) is 15.3. The van der Waals surface area contributed by atoms with Gasteiger partial charge in [-0.2, -0.15) is 0 Å². The van der Waals surface area contributed by atoms with Gasteiger partial charge in [0, 0.05) is 49.6 Å². The van der Waals surface area contributed by atoms with Crippen molar-refractivity contribution in [2.75, 3.05) is 32.8 Å². The summed E-state index contributed by atoms with van der Waals surface area (Å²) >= 11 is 1.77. The second-order valence-corrected chi connectivity index (χ2v) is 7.64. The summed E-state index contributed by atoms with van der Waals surface area (Å²) in [5, 5.41) is 8.73. The minimum absolute atomic E-state index is 0.142. The van der Waals surface area contributed by atoms with Gasteiger partial charge >= 0.3 is 0 Å². The molecule has 0 unspecified atom stereocenters. The SMILES string of the molecule is CC(C)(C)N1CCN(Cc2ccc(C#CCCO)s2)CC1. The van der Waals surface area contributed by atoms with Gasteiger partial charge in [-0.15, -0.1) is 11.3 Å². The molecule has 1 fully saturated rings. The molecule has 4 heteroatoms. The van der Waals surface area contributed by atoms with Crippen LogP contribution in [0.25, 0.3) is 0 Å². The fourth-order valence-electron chi connectivity index (χ4n) is 2.53. The lowest BCUT2D eigenvalue weighted by atomic mass is 10.1. The standard InChI is InChI=1S/C17H26N2OS/c1-17(2,3)19-11-9-18(10-12-19)14-16-8-7-15(21-16)6-4-5-13-20/h7-8,20H,5,9-14H2,1-3H3. The molecule has 3 nitrogen and oxygen atoms in total. The maximum atomic E-state index is 8.73. The largest absolute Gasteiger partial charge is 0.395 e. The zero-order valence-corrected chi connectivity index (χ0v) is 14.2. The molecule has 2 heterocycles. The molecule has 0 spiro atoms. The minimum atomic E-state index is 0.142. The van der Waals surface area contributed by atoms with Crippen molar-refractivity contribution in [1.29, 1.82) is 0 Å². The van der Waals surface area contributed by atoms with Crippen LogP contribution in [0, 0.1) is 11.8 Å². The predicted octanol–water partition coefficient (Wildman–Crippen LogP) is 2.40. The summed E-state index contributed by atoms with van der Waals surface area (Å²) in [6.07, 6.45) is 0.558. The molecule has 1 aromatic heterocycles. The number of nitrogens with zero attached hydrogens (tertiary/aromatic N) is 2. The van der Waals surface area contributed by atoms with Crippen LogP contribution in [0.15, 0.2) is 12.1 Å². The second kappa shape index (κ2) is 7.42. The Bertz CT molecular complexity index is 499. The summed E-state index contributed by atoms with van der Waals surface area (Å²) in [7, 11) is 0. The highest BCUT2D eigenvalue weighted by atomic mass is 32.1. The van der Waals surface area contributed by atoms with E-state index in [4.69, 9.17) is 5.11 Å². The Kier molecular flexibility index (Phi) is 5.83. The maximum Gasteiger partial charge on any atom is 0.0771 e. The van der Waals surface area contributed by atoms with Crippen molar-refractivity contribution in [1.82, 2.24) is 9.80 Å². The van der Waals surface area contributed by atoms with E-state index in [-0.39, 0.29) is 12.1 Å². The molecule has 1 aliphatic heterocycles. The van der Waals surface area contributed by atoms with Crippen LogP contribution in [0.4, 0.5) is 0 Å². The smallest absolute Gasteiger partial charge is 0.0771 e. The van der Waals surface area contributed by atoms with Crippen LogP contribution < -0.4 is 0 Å². The third kappa shape index (κ3) is 5.12. The molecule has 1 saturated heterocycles. The first-order chi connectivity index (χ1) is 9.99. The molecule has 1 aliphatic rings. The highest BCUT2D eigenvalue weighted by Gasteiger charge is 2.25. The predicted molar refractivity (Wildman–Crippen MR) is 89.5 cm³/mol.